The van der Waals surface area contributed by atoms with E-state index in [1.165, 1.54) is 19.3 Å². The van der Waals surface area contributed by atoms with Gasteiger partial charge in [0.2, 0.25) is 5.91 Å². The van der Waals surface area contributed by atoms with Crippen molar-refractivity contribution in [2.24, 2.45) is 5.73 Å². The summed E-state index contributed by atoms with van der Waals surface area (Å²) in [5.74, 6) is 0.0420. The average Bonchev–Trinajstić information content (AvgIpc) is 3.26. The molecule has 0 spiro atoms. The number of carbonyl (C=O) groups is 1. The zero-order valence-electron chi connectivity index (χ0n) is 12.3. The lowest BCUT2D eigenvalue weighted by molar-refractivity contribution is -0.124. The van der Waals surface area contributed by atoms with Crippen LogP contribution in [-0.2, 0) is 9.53 Å². The molecule has 1 aliphatic carbocycles. The molecule has 0 radical (unpaired) electrons. The highest BCUT2D eigenvalue weighted by atomic mass is 16.5. The molecule has 3 N–H and O–H groups in total. The van der Waals surface area contributed by atoms with E-state index in [2.05, 4.69) is 10.2 Å². The van der Waals surface area contributed by atoms with Crippen molar-refractivity contribution in [1.82, 2.24) is 10.2 Å². The fourth-order valence-electron chi connectivity index (χ4n) is 3.51. The van der Waals surface area contributed by atoms with Gasteiger partial charge in [0.15, 0.2) is 0 Å². The van der Waals surface area contributed by atoms with Gasteiger partial charge in [-0.3, -0.25) is 9.69 Å². The van der Waals surface area contributed by atoms with Crippen molar-refractivity contribution in [2.75, 3.05) is 32.8 Å². The van der Waals surface area contributed by atoms with Gasteiger partial charge < -0.3 is 15.8 Å². The number of carbonyl (C=O) groups excluding carboxylic acids is 1. The van der Waals surface area contributed by atoms with Crippen LogP contribution < -0.4 is 11.1 Å². The molecule has 2 aliphatic heterocycles. The van der Waals surface area contributed by atoms with Crippen LogP contribution in [0.1, 0.15) is 44.9 Å². The smallest absolute Gasteiger partial charge is 0.240 e. The first-order valence-corrected chi connectivity index (χ1v) is 8.05. The van der Waals surface area contributed by atoms with Gasteiger partial charge in [-0.15, -0.1) is 0 Å². The molecule has 5 nitrogen and oxygen atoms in total. The van der Waals surface area contributed by atoms with Crippen LogP contribution in [0.3, 0.4) is 0 Å². The SMILES string of the molecule is NC1(C(=O)NCC2(N3CCCCC3)CCOCC2)CC1. The minimum absolute atomic E-state index is 0.0420. The van der Waals surface area contributed by atoms with Crippen LogP contribution in [0.15, 0.2) is 0 Å². The van der Waals surface area contributed by atoms with E-state index < -0.39 is 5.54 Å². The van der Waals surface area contributed by atoms with E-state index in [0.29, 0.717) is 0 Å². The van der Waals surface area contributed by atoms with E-state index in [1.54, 1.807) is 0 Å². The maximum absolute atomic E-state index is 12.1. The maximum Gasteiger partial charge on any atom is 0.240 e. The number of nitrogens with two attached hydrogens (primary N) is 1. The van der Waals surface area contributed by atoms with E-state index >= 15 is 0 Å². The Kier molecular flexibility index (Phi) is 4.02. The van der Waals surface area contributed by atoms with Gasteiger partial charge in [0.25, 0.3) is 0 Å². The second-order valence-corrected chi connectivity index (χ2v) is 6.72. The van der Waals surface area contributed by atoms with Crippen LogP contribution in [-0.4, -0.2) is 54.7 Å². The number of hydrogen-bond acceptors (Lipinski definition) is 4. The van der Waals surface area contributed by atoms with Gasteiger partial charge in [0, 0.05) is 25.3 Å². The van der Waals surface area contributed by atoms with E-state index in [-0.39, 0.29) is 11.4 Å². The third-order valence-electron chi connectivity index (χ3n) is 5.27. The molecular formula is C15H27N3O2. The monoisotopic (exact) mass is 281 g/mol. The molecule has 5 heteroatoms. The predicted octanol–water partition coefficient (Wildman–Crippen LogP) is 0.629. The molecule has 114 valence electrons. The lowest BCUT2D eigenvalue weighted by Crippen LogP contribution is -2.60. The van der Waals surface area contributed by atoms with Gasteiger partial charge >= 0.3 is 0 Å². The summed E-state index contributed by atoms with van der Waals surface area (Å²) in [6, 6.07) is 0. The predicted molar refractivity (Wildman–Crippen MR) is 77.4 cm³/mol. The molecule has 3 rings (SSSR count). The van der Waals surface area contributed by atoms with Crippen molar-refractivity contribution in [1.29, 1.82) is 0 Å². The molecule has 1 saturated carbocycles. The highest BCUT2D eigenvalue weighted by Gasteiger charge is 2.47. The number of amides is 1. The number of nitrogens with one attached hydrogen (secondary N) is 1. The molecular weight excluding hydrogens is 254 g/mol. The zero-order valence-corrected chi connectivity index (χ0v) is 12.3. The van der Waals surface area contributed by atoms with Crippen molar-refractivity contribution in [3.63, 3.8) is 0 Å². The Morgan fingerprint density at radius 2 is 1.75 bits per heavy atom. The Morgan fingerprint density at radius 3 is 2.35 bits per heavy atom. The minimum Gasteiger partial charge on any atom is -0.381 e. The Labute approximate surface area is 121 Å². The van der Waals surface area contributed by atoms with Gasteiger partial charge in [-0.2, -0.15) is 0 Å². The number of ether oxygens (including phenoxy) is 1. The molecule has 0 unspecified atom stereocenters. The van der Waals surface area contributed by atoms with E-state index in [0.717, 1.165) is 58.5 Å². The molecule has 20 heavy (non-hydrogen) atoms. The number of nitrogens with zero attached hydrogens (tertiary/aromatic N) is 1. The van der Waals surface area contributed by atoms with Crippen molar-refractivity contribution in [2.45, 2.75) is 56.0 Å². The van der Waals surface area contributed by atoms with Gasteiger partial charge in [0.1, 0.15) is 0 Å². The normalized spacial score (nSPS) is 28.9. The Bertz CT molecular complexity index is 356. The first kappa shape index (κ1) is 14.3. The first-order valence-electron chi connectivity index (χ1n) is 8.05. The van der Waals surface area contributed by atoms with Crippen molar-refractivity contribution in [3.05, 3.63) is 0 Å². The zero-order chi connectivity index (χ0) is 14.1. The fourth-order valence-corrected chi connectivity index (χ4v) is 3.51. The quantitative estimate of drug-likeness (QED) is 0.793. The summed E-state index contributed by atoms with van der Waals surface area (Å²) in [5, 5.41) is 3.13. The number of hydrogen-bond donors (Lipinski definition) is 2. The molecule has 0 aromatic heterocycles. The lowest BCUT2D eigenvalue weighted by atomic mass is 9.86. The lowest BCUT2D eigenvalue weighted by Gasteiger charge is -2.48. The summed E-state index contributed by atoms with van der Waals surface area (Å²) in [4.78, 5) is 14.7. The molecule has 0 atom stereocenters. The van der Waals surface area contributed by atoms with E-state index in [9.17, 15) is 4.79 Å². The summed E-state index contributed by atoms with van der Waals surface area (Å²) in [5.41, 5.74) is 5.51. The summed E-state index contributed by atoms with van der Waals surface area (Å²) in [7, 11) is 0. The molecule has 3 aliphatic rings. The van der Waals surface area contributed by atoms with Gasteiger partial charge in [-0.1, -0.05) is 6.42 Å². The Morgan fingerprint density at radius 1 is 1.10 bits per heavy atom. The van der Waals surface area contributed by atoms with Crippen LogP contribution in [0.2, 0.25) is 0 Å². The Balaban J connectivity index is 1.63. The average molecular weight is 281 g/mol. The van der Waals surface area contributed by atoms with E-state index in [1.807, 2.05) is 0 Å². The van der Waals surface area contributed by atoms with Gasteiger partial charge in [0.05, 0.1) is 5.54 Å². The molecule has 2 saturated heterocycles. The topological polar surface area (TPSA) is 67.6 Å². The van der Waals surface area contributed by atoms with Gasteiger partial charge in [-0.05, 0) is 51.6 Å². The molecule has 3 fully saturated rings. The molecule has 2 heterocycles. The first-order chi connectivity index (χ1) is 9.65. The second-order valence-electron chi connectivity index (χ2n) is 6.72. The standard InChI is InChI=1S/C15H27N3O2/c16-15(4-5-15)13(19)17-12-14(6-10-20-11-7-14)18-8-2-1-3-9-18/h1-12,16H2,(H,17,19). The Hall–Kier alpha value is -0.650. The van der Waals surface area contributed by atoms with Crippen molar-refractivity contribution < 1.29 is 9.53 Å². The summed E-state index contributed by atoms with van der Waals surface area (Å²) >= 11 is 0. The van der Waals surface area contributed by atoms with E-state index in [4.69, 9.17) is 10.5 Å². The largest absolute Gasteiger partial charge is 0.381 e. The fraction of sp³-hybridized carbons (Fsp3) is 0.933. The van der Waals surface area contributed by atoms with Crippen LogP contribution >= 0.6 is 0 Å². The number of likely N-dealkylation sites (tertiary alicyclic amines) is 1. The molecule has 0 aromatic rings. The minimum atomic E-state index is -0.561. The maximum atomic E-state index is 12.1. The van der Waals surface area contributed by atoms with Crippen LogP contribution in [0, 0.1) is 0 Å². The van der Waals surface area contributed by atoms with Gasteiger partial charge in [-0.25, -0.2) is 0 Å². The third-order valence-corrected chi connectivity index (χ3v) is 5.27. The second kappa shape index (κ2) is 5.62. The van der Waals surface area contributed by atoms with Crippen molar-refractivity contribution >= 4 is 5.91 Å². The van der Waals surface area contributed by atoms with Crippen LogP contribution in [0.4, 0.5) is 0 Å². The highest BCUT2D eigenvalue weighted by molar-refractivity contribution is 5.89. The molecule has 0 aromatic carbocycles. The van der Waals surface area contributed by atoms with Crippen LogP contribution in [0.25, 0.3) is 0 Å². The van der Waals surface area contributed by atoms with Crippen molar-refractivity contribution in [3.8, 4) is 0 Å². The van der Waals surface area contributed by atoms with Crippen LogP contribution in [0.5, 0.6) is 0 Å². The third kappa shape index (κ3) is 2.85. The molecule has 0 bridgehead atoms. The summed E-state index contributed by atoms with van der Waals surface area (Å²) in [6.45, 7) is 4.65. The number of rotatable bonds is 4. The summed E-state index contributed by atoms with van der Waals surface area (Å²) in [6.07, 6.45) is 7.59. The highest BCUT2D eigenvalue weighted by Crippen LogP contribution is 2.34. The molecule has 1 amide bonds. The number of piperidine rings is 1. The summed E-state index contributed by atoms with van der Waals surface area (Å²) < 4.78 is 5.54.